The van der Waals surface area contributed by atoms with E-state index < -0.39 is 30.7 Å². The first-order valence-corrected chi connectivity index (χ1v) is 28.9. The van der Waals surface area contributed by atoms with E-state index in [-0.39, 0.29) is 73.2 Å². The number of anilines is 3. The fourth-order valence-electron chi connectivity index (χ4n) is 11.7. The number of aliphatic hydroxyl groups excluding tert-OH is 1. The third-order valence-electron chi connectivity index (χ3n) is 16.4. The number of methoxy groups -OCH3 is 1. The van der Waals surface area contributed by atoms with Gasteiger partial charge in [-0.3, -0.25) is 19.4 Å². The molecule has 81 heavy (non-hydrogen) atoms. The van der Waals surface area contributed by atoms with Crippen LogP contribution in [0.5, 0.6) is 11.5 Å². The Morgan fingerprint density at radius 2 is 1.73 bits per heavy atom. The van der Waals surface area contributed by atoms with Crippen LogP contribution in [0.25, 0.3) is 0 Å². The van der Waals surface area contributed by atoms with E-state index in [0.29, 0.717) is 74.5 Å². The van der Waals surface area contributed by atoms with Crippen LogP contribution in [0.3, 0.4) is 0 Å². The van der Waals surface area contributed by atoms with E-state index in [4.69, 9.17) is 9.47 Å². The Morgan fingerprint density at radius 1 is 0.938 bits per heavy atom. The number of nitrogens with one attached hydrogen (secondary N) is 5. The van der Waals surface area contributed by atoms with Gasteiger partial charge in [-0.25, -0.2) is 4.39 Å². The monoisotopic (exact) mass is 1120 g/mol. The number of fused-ring (bicyclic) bond motifs is 2. The Kier molecular flexibility index (Phi) is 22.5. The maximum absolute atomic E-state index is 15.2. The number of pyridine rings is 1. The van der Waals surface area contributed by atoms with Gasteiger partial charge in [-0.2, -0.15) is 13.2 Å². The van der Waals surface area contributed by atoms with Crippen molar-refractivity contribution in [2.75, 3.05) is 69.5 Å². The molecule has 8 atom stereocenters. The molecule has 4 aromatic rings. The second kappa shape index (κ2) is 29.4. The number of nitrogens with zero attached hydrogens (tertiary/aromatic N) is 3. The average Bonchev–Trinajstić information content (AvgIpc) is 3.49. The molecule has 2 aliphatic heterocycles. The minimum atomic E-state index is -4.32. The van der Waals surface area contributed by atoms with E-state index in [2.05, 4.69) is 43.4 Å². The number of hydrogen-bond acceptors (Lipinski definition) is 11. The number of likely N-dealkylation sites (N-methyl/N-ethyl adjacent to an activating group) is 1. The summed E-state index contributed by atoms with van der Waals surface area (Å²) in [6, 6.07) is 19.5. The molecule has 7 rings (SSSR count). The second-order valence-corrected chi connectivity index (χ2v) is 22.9. The van der Waals surface area contributed by atoms with Crippen LogP contribution < -0.4 is 41.0 Å². The molecule has 3 heterocycles. The normalized spacial score (nSPS) is 22.3. The van der Waals surface area contributed by atoms with Crippen molar-refractivity contribution in [2.45, 2.75) is 142 Å². The van der Waals surface area contributed by atoms with Crippen molar-refractivity contribution in [2.24, 2.45) is 29.6 Å². The average molecular weight is 1130 g/mol. The number of piperidine rings is 1. The number of carbonyl (C=O) groups excluding carboxylic acids is 3. The molecule has 0 radical (unpaired) electrons. The molecule has 6 N–H and O–H groups in total. The molecule has 0 spiro atoms. The Bertz CT molecular complexity index is 2790. The van der Waals surface area contributed by atoms with Gasteiger partial charge in [0.25, 0.3) is 5.91 Å². The van der Waals surface area contributed by atoms with E-state index in [1.54, 1.807) is 24.4 Å². The van der Waals surface area contributed by atoms with E-state index in [1.165, 1.54) is 7.11 Å². The molecule has 1 fully saturated rings. The van der Waals surface area contributed by atoms with Crippen LogP contribution >= 0.6 is 0 Å². The smallest absolute Gasteiger partial charge is 0.389 e. The fraction of sp³-hybridized carbons (Fsp3) is 0.556. The van der Waals surface area contributed by atoms with Crippen molar-refractivity contribution < 1.29 is 46.5 Å². The van der Waals surface area contributed by atoms with E-state index in [9.17, 15) is 32.7 Å². The zero-order valence-electron chi connectivity index (χ0n) is 48.2. The lowest BCUT2D eigenvalue weighted by molar-refractivity contribution is -0.153. The number of likely N-dealkylation sites (tertiary alicyclic amines) is 1. The lowest BCUT2D eigenvalue weighted by Gasteiger charge is -2.38. The number of alkyl halides is 4. The van der Waals surface area contributed by atoms with Crippen LogP contribution in [0.15, 0.2) is 72.9 Å². The highest BCUT2D eigenvalue weighted by Crippen LogP contribution is 2.43. The number of carbonyl (C=O) groups is 3. The molecule has 3 aromatic carbocycles. The van der Waals surface area contributed by atoms with Gasteiger partial charge >= 0.3 is 6.18 Å². The number of hydrogen-bond donors (Lipinski definition) is 6. The molecule has 1 saturated heterocycles. The Morgan fingerprint density at radius 3 is 2.46 bits per heavy atom. The summed E-state index contributed by atoms with van der Waals surface area (Å²) in [5.74, 6) is 5.69. The summed E-state index contributed by atoms with van der Waals surface area (Å²) in [5.41, 5.74) is 7.36. The van der Waals surface area contributed by atoms with Crippen LogP contribution in [-0.2, 0) is 42.0 Å². The second-order valence-electron chi connectivity index (χ2n) is 22.9. The van der Waals surface area contributed by atoms with Crippen molar-refractivity contribution in [1.29, 1.82) is 0 Å². The van der Waals surface area contributed by atoms with Crippen molar-refractivity contribution in [3.63, 3.8) is 0 Å². The highest BCUT2D eigenvalue weighted by Gasteiger charge is 2.41. The van der Waals surface area contributed by atoms with Crippen molar-refractivity contribution >= 4 is 34.8 Å². The minimum absolute atomic E-state index is 0.0422. The van der Waals surface area contributed by atoms with Crippen LogP contribution in [0, 0.1) is 41.4 Å². The molecule has 3 aliphatic rings. The maximum Gasteiger partial charge on any atom is 0.389 e. The first-order chi connectivity index (χ1) is 38.8. The van der Waals surface area contributed by atoms with Crippen LogP contribution in [0.2, 0.25) is 0 Å². The lowest BCUT2D eigenvalue weighted by atomic mass is 9.68. The highest BCUT2D eigenvalue weighted by atomic mass is 19.4. The van der Waals surface area contributed by atoms with E-state index in [0.717, 1.165) is 78.0 Å². The molecule has 18 heteroatoms. The summed E-state index contributed by atoms with van der Waals surface area (Å²) in [6.07, 6.45) is 2.21. The van der Waals surface area contributed by atoms with Gasteiger partial charge in [-0.05, 0) is 122 Å². The minimum Gasteiger partial charge on any atom is -0.495 e. The van der Waals surface area contributed by atoms with Gasteiger partial charge in [0, 0.05) is 80.2 Å². The number of amides is 3. The molecule has 3 amide bonds. The Labute approximate surface area is 476 Å². The molecule has 1 aromatic heterocycles. The van der Waals surface area contributed by atoms with E-state index >= 15 is 4.39 Å². The van der Waals surface area contributed by atoms with Gasteiger partial charge in [0.15, 0.2) is 0 Å². The van der Waals surface area contributed by atoms with Gasteiger partial charge in [0.05, 0.1) is 50.3 Å². The Balaban J connectivity index is 0.806. The van der Waals surface area contributed by atoms with Crippen molar-refractivity contribution in [3.05, 3.63) is 106 Å². The number of aliphatic hydroxyl groups is 1. The summed E-state index contributed by atoms with van der Waals surface area (Å²) in [4.78, 5) is 47.3. The first-order valence-electron chi connectivity index (χ1n) is 28.9. The SMILES string of the molecule is COc1cc(C(=O)NCCCCCCCC(=O)NCc2ccc(COc3ccc4c(c3)N(C)[C@H](C(C)C)C(=O)N[C@@H](CO)C4)cn2)ccc1NCC#CC1Cc2c(cccc2N[C@@H]2CCN(C)C[C@@H]2F)CC(C)C(CC(F)(F)F)C1C. The standard InChI is InChI=1S/C63H84F4N8O6/c1-40(2)60-62(79)72-49(38-76)30-46-20-23-50(33-57(46)75(60)6)81-39-43-19-22-48(70-35-43)36-71-59(77)18-11-9-8-10-12-26-69-61(78)47-21-24-56(58(32-47)80-7)68-27-14-16-44-31-51-45(29-41(3)52(42(44)4)34-63(65,66)67)15-13-17-54(51)73-55-25-28-74(5)37-53(55)64/h13,15,17,19-24,32-33,35,40-42,44,49,52-53,55,60,68,73,76H,8-12,18,25-31,34,36-39H2,1-7H3,(H,69,78)(H,71,77)(H,72,79)/t41?,42?,44?,49-,52?,53+,55-,60-/m1/s1. The summed E-state index contributed by atoms with van der Waals surface area (Å²) in [5, 5.41) is 25.6. The molecule has 4 unspecified atom stereocenters. The maximum atomic E-state index is 15.2. The number of benzene rings is 3. The van der Waals surface area contributed by atoms with Gasteiger partial charge in [-0.15, -0.1) is 0 Å². The summed E-state index contributed by atoms with van der Waals surface area (Å²) in [6.45, 7) is 10.0. The van der Waals surface area contributed by atoms with Crippen molar-refractivity contribution in [3.8, 4) is 23.3 Å². The number of halogens is 4. The largest absolute Gasteiger partial charge is 0.495 e. The van der Waals surface area contributed by atoms with Gasteiger partial charge in [0.2, 0.25) is 11.8 Å². The molecule has 0 saturated carbocycles. The molecule has 1 aliphatic carbocycles. The zero-order valence-corrected chi connectivity index (χ0v) is 48.2. The lowest BCUT2D eigenvalue weighted by Crippen LogP contribution is -2.54. The molecule has 440 valence electrons. The van der Waals surface area contributed by atoms with Crippen LogP contribution in [0.1, 0.15) is 117 Å². The third-order valence-corrected chi connectivity index (χ3v) is 16.4. The van der Waals surface area contributed by atoms with Gasteiger partial charge < -0.3 is 51.0 Å². The predicted molar refractivity (Wildman–Crippen MR) is 310 cm³/mol. The van der Waals surface area contributed by atoms with Crippen molar-refractivity contribution in [1.82, 2.24) is 25.8 Å². The summed E-state index contributed by atoms with van der Waals surface area (Å²) >= 11 is 0. The van der Waals surface area contributed by atoms with Crippen LogP contribution in [-0.4, -0.2) is 117 Å². The number of unbranched alkanes of at least 4 members (excludes halogenated alkanes) is 4. The topological polar surface area (TPSA) is 169 Å². The highest BCUT2D eigenvalue weighted by molar-refractivity contribution is 5.95. The fourth-order valence-corrected chi connectivity index (χ4v) is 11.7. The predicted octanol–water partition coefficient (Wildman–Crippen LogP) is 9.68. The first kappa shape index (κ1) is 62.0. The number of aromatic nitrogens is 1. The van der Waals surface area contributed by atoms with Gasteiger partial charge in [0.1, 0.15) is 30.3 Å². The van der Waals surface area contributed by atoms with E-state index in [1.807, 2.05) is 100 Å². The quantitative estimate of drug-likeness (QED) is 0.0252. The Hall–Kier alpha value is -6.58. The molecular weight excluding hydrogens is 1040 g/mol. The molecule has 0 bridgehead atoms. The number of ether oxygens (including phenoxy) is 2. The molecular formula is C63H84F4N8O6. The molecule has 14 nitrogen and oxygen atoms in total. The third kappa shape index (κ3) is 17.7. The summed E-state index contributed by atoms with van der Waals surface area (Å²) in [7, 11) is 5.34. The summed E-state index contributed by atoms with van der Waals surface area (Å²) < 4.78 is 69.1. The van der Waals surface area contributed by atoms with Gasteiger partial charge in [-0.1, -0.05) is 83.1 Å². The zero-order chi connectivity index (χ0) is 58.2. The number of rotatable bonds is 22. The van der Waals surface area contributed by atoms with Crippen LogP contribution in [0.4, 0.5) is 34.6 Å².